The number of ether oxygens (including phenoxy) is 1. The smallest absolute Gasteiger partial charge is 0.507 e. The van der Waals surface area contributed by atoms with Crippen LogP contribution in [0.3, 0.4) is 0 Å². The number of aromatic hydroxyl groups is 1. The van der Waals surface area contributed by atoms with Gasteiger partial charge < -0.3 is 31.9 Å². The molecule has 1 aromatic heterocycles. The molecule has 11 heteroatoms. The number of phenolic OH excluding ortho intramolecular Hbond substituents is 1. The van der Waals surface area contributed by atoms with Crippen molar-refractivity contribution < 1.29 is 23.0 Å². The van der Waals surface area contributed by atoms with E-state index in [1.54, 1.807) is 0 Å². The Kier molecular flexibility index (Phi) is 6.79. The maximum Gasteiger partial charge on any atom is 0.573 e. The number of aromatic nitrogens is 2. The Morgan fingerprint density at radius 3 is 2.35 bits per heavy atom. The van der Waals surface area contributed by atoms with E-state index in [1.807, 2.05) is 0 Å². The first kappa shape index (κ1) is 25.3. The van der Waals surface area contributed by atoms with Gasteiger partial charge in [0.05, 0.1) is 17.6 Å². The Morgan fingerprint density at radius 1 is 1.15 bits per heavy atom. The second-order valence-electron chi connectivity index (χ2n) is 9.79. The van der Waals surface area contributed by atoms with Gasteiger partial charge in [-0.25, -0.2) is 0 Å². The van der Waals surface area contributed by atoms with Crippen molar-refractivity contribution >= 4 is 5.70 Å². The molecular formula is C23H31F3N6O2. The molecule has 1 fully saturated rings. The molecule has 1 saturated heterocycles. The van der Waals surface area contributed by atoms with Gasteiger partial charge in [-0.05, 0) is 70.4 Å². The third-order valence-corrected chi connectivity index (χ3v) is 5.43. The normalized spacial score (nSPS) is 19.1. The van der Waals surface area contributed by atoms with Crippen molar-refractivity contribution in [3.63, 3.8) is 0 Å². The lowest BCUT2D eigenvalue weighted by Crippen LogP contribution is -2.61. The van der Waals surface area contributed by atoms with Gasteiger partial charge in [0.15, 0.2) is 0 Å². The summed E-state index contributed by atoms with van der Waals surface area (Å²) >= 11 is 0. The van der Waals surface area contributed by atoms with Gasteiger partial charge in [-0.15, -0.1) is 13.2 Å². The van der Waals surface area contributed by atoms with Crippen LogP contribution in [0.5, 0.6) is 11.5 Å². The number of piperidine rings is 1. The maximum absolute atomic E-state index is 13.1. The molecule has 186 valence electrons. The number of rotatable bonds is 6. The van der Waals surface area contributed by atoms with Crippen molar-refractivity contribution in [1.29, 1.82) is 0 Å². The van der Waals surface area contributed by atoms with E-state index in [1.165, 1.54) is 30.6 Å². The van der Waals surface area contributed by atoms with Gasteiger partial charge in [0.25, 0.3) is 0 Å². The van der Waals surface area contributed by atoms with Gasteiger partial charge in [0.1, 0.15) is 11.5 Å². The maximum atomic E-state index is 13.1. The van der Waals surface area contributed by atoms with Crippen molar-refractivity contribution in [3.05, 3.63) is 48.1 Å². The van der Waals surface area contributed by atoms with Crippen LogP contribution >= 0.6 is 0 Å². The number of nitrogens with one attached hydrogen (secondary N) is 3. The van der Waals surface area contributed by atoms with Gasteiger partial charge >= 0.3 is 6.36 Å². The van der Waals surface area contributed by atoms with Crippen molar-refractivity contribution in [3.8, 4) is 22.6 Å². The van der Waals surface area contributed by atoms with Crippen LogP contribution in [0.15, 0.2) is 42.5 Å². The molecule has 0 saturated carbocycles. The van der Waals surface area contributed by atoms with Crippen LogP contribution in [-0.4, -0.2) is 38.8 Å². The number of alkyl halides is 3. The number of aromatic amines is 1. The summed E-state index contributed by atoms with van der Waals surface area (Å²) in [6.45, 7) is 8.44. The van der Waals surface area contributed by atoms with Crippen LogP contribution in [0, 0.1) is 0 Å². The highest BCUT2D eigenvalue weighted by molar-refractivity contribution is 5.79. The SMILES string of the molecule is CC1(C)CC(N/C(N)=C/C=C(\N)c2c(O)cc(-c3cn[nH]c3)cc2OC(F)(F)F)CC(C)(C)N1. The van der Waals surface area contributed by atoms with Crippen LogP contribution < -0.4 is 26.8 Å². The van der Waals surface area contributed by atoms with Gasteiger partial charge in [-0.1, -0.05) is 0 Å². The third-order valence-electron chi connectivity index (χ3n) is 5.43. The molecule has 2 aromatic rings. The molecule has 3 rings (SSSR count). The van der Waals surface area contributed by atoms with E-state index >= 15 is 0 Å². The Bertz CT molecular complexity index is 1060. The minimum atomic E-state index is -4.98. The molecule has 0 aliphatic carbocycles. The molecule has 0 atom stereocenters. The van der Waals surface area contributed by atoms with E-state index in [4.69, 9.17) is 11.5 Å². The average Bonchev–Trinajstić information content (AvgIpc) is 3.16. The fraction of sp³-hybridized carbons (Fsp3) is 0.435. The van der Waals surface area contributed by atoms with Crippen molar-refractivity contribution in [1.82, 2.24) is 20.8 Å². The molecule has 0 unspecified atom stereocenters. The summed E-state index contributed by atoms with van der Waals surface area (Å²) in [5.74, 6) is -0.818. The van der Waals surface area contributed by atoms with E-state index in [-0.39, 0.29) is 33.9 Å². The van der Waals surface area contributed by atoms with E-state index in [2.05, 4.69) is 53.3 Å². The highest BCUT2D eigenvalue weighted by Gasteiger charge is 2.37. The van der Waals surface area contributed by atoms with Crippen molar-refractivity contribution in [2.45, 2.75) is 64.0 Å². The van der Waals surface area contributed by atoms with E-state index in [0.717, 1.165) is 18.9 Å². The molecule has 1 aromatic carbocycles. The number of phenols is 1. The Balaban J connectivity index is 1.88. The van der Waals surface area contributed by atoms with Crippen LogP contribution in [0.1, 0.15) is 46.1 Å². The first-order valence-electron chi connectivity index (χ1n) is 10.8. The minimum Gasteiger partial charge on any atom is -0.507 e. The molecular weight excluding hydrogens is 449 g/mol. The number of nitrogens with two attached hydrogens (primary N) is 2. The van der Waals surface area contributed by atoms with Gasteiger partial charge in [-0.3, -0.25) is 5.10 Å². The molecule has 8 nitrogen and oxygen atoms in total. The van der Waals surface area contributed by atoms with E-state index in [9.17, 15) is 18.3 Å². The first-order valence-corrected chi connectivity index (χ1v) is 10.8. The van der Waals surface area contributed by atoms with Crippen molar-refractivity contribution in [2.24, 2.45) is 11.5 Å². The molecule has 0 radical (unpaired) electrons. The lowest BCUT2D eigenvalue weighted by Gasteiger charge is -2.46. The molecule has 1 aliphatic rings. The highest BCUT2D eigenvalue weighted by atomic mass is 19.4. The summed E-state index contributed by atoms with van der Waals surface area (Å²) < 4.78 is 43.3. The number of hydrogen-bond donors (Lipinski definition) is 6. The number of allylic oxidation sites excluding steroid dienone is 2. The fourth-order valence-electron chi connectivity index (χ4n) is 4.64. The summed E-state index contributed by atoms with van der Waals surface area (Å²) in [5.41, 5.74) is 12.3. The fourth-order valence-corrected chi connectivity index (χ4v) is 4.64. The molecule has 34 heavy (non-hydrogen) atoms. The van der Waals surface area contributed by atoms with Crippen molar-refractivity contribution in [2.75, 3.05) is 0 Å². The Morgan fingerprint density at radius 2 is 1.79 bits per heavy atom. The summed E-state index contributed by atoms with van der Waals surface area (Å²) in [7, 11) is 0. The van der Waals surface area contributed by atoms with Gasteiger partial charge in [-0.2, -0.15) is 5.10 Å². The Labute approximate surface area is 196 Å². The monoisotopic (exact) mass is 480 g/mol. The predicted molar refractivity (Wildman–Crippen MR) is 124 cm³/mol. The minimum absolute atomic E-state index is 0.0869. The number of nitrogens with zero attached hydrogens (tertiary/aromatic N) is 1. The summed E-state index contributed by atoms with van der Waals surface area (Å²) in [5, 5.41) is 23.7. The third kappa shape index (κ3) is 6.60. The van der Waals surface area contributed by atoms with Crippen LogP contribution in [0.2, 0.25) is 0 Å². The zero-order valence-electron chi connectivity index (χ0n) is 19.5. The molecule has 0 bridgehead atoms. The molecule has 2 heterocycles. The predicted octanol–water partition coefficient (Wildman–Crippen LogP) is 3.68. The lowest BCUT2D eigenvalue weighted by atomic mass is 9.79. The van der Waals surface area contributed by atoms with E-state index < -0.39 is 17.9 Å². The molecule has 0 spiro atoms. The molecule has 1 aliphatic heterocycles. The van der Waals surface area contributed by atoms with Crippen LogP contribution in [-0.2, 0) is 0 Å². The lowest BCUT2D eigenvalue weighted by molar-refractivity contribution is -0.274. The van der Waals surface area contributed by atoms with Crippen LogP contribution in [0.25, 0.3) is 16.8 Å². The number of benzene rings is 1. The number of hydrogen-bond acceptors (Lipinski definition) is 7. The van der Waals surface area contributed by atoms with Gasteiger partial charge in [0, 0.05) is 34.6 Å². The second-order valence-corrected chi connectivity index (χ2v) is 9.79. The standard InChI is InChI=1S/C23H31F3N6O2/c1-21(2)9-15(10-22(3,4)32-21)31-19(28)6-5-16(27)20-17(33)7-13(14-11-29-30-12-14)8-18(20)34-23(24,25)26/h5-8,11-12,15,31-33H,9-10,27-28H2,1-4H3,(H,29,30)/b16-5-,19-6+. The molecule has 0 amide bonds. The second kappa shape index (κ2) is 9.13. The van der Waals surface area contributed by atoms with Gasteiger partial charge in [0.2, 0.25) is 0 Å². The number of H-pyrrole nitrogens is 1. The van der Waals surface area contributed by atoms with E-state index in [0.29, 0.717) is 11.4 Å². The highest BCUT2D eigenvalue weighted by Crippen LogP contribution is 2.39. The quantitative estimate of drug-likeness (QED) is 0.347. The molecule has 8 N–H and O–H groups in total. The first-order chi connectivity index (χ1) is 15.6. The topological polar surface area (TPSA) is 134 Å². The Hall–Kier alpha value is -3.34. The summed E-state index contributed by atoms with van der Waals surface area (Å²) in [6.07, 6.45) is 2.33. The van der Waals surface area contributed by atoms with Crippen LogP contribution in [0.4, 0.5) is 13.2 Å². The zero-order chi connectivity index (χ0) is 25.3. The summed E-state index contributed by atoms with van der Waals surface area (Å²) in [6, 6.07) is 2.51. The largest absolute Gasteiger partial charge is 0.573 e. The average molecular weight is 481 g/mol. The summed E-state index contributed by atoms with van der Waals surface area (Å²) in [4.78, 5) is 0. The number of halogens is 3. The zero-order valence-corrected chi connectivity index (χ0v) is 19.5.